The van der Waals surface area contributed by atoms with Gasteiger partial charge >= 0.3 is 5.97 Å². The Morgan fingerprint density at radius 2 is 2.19 bits per heavy atom. The fourth-order valence-corrected chi connectivity index (χ4v) is 2.04. The largest absolute Gasteiger partial charge is 0.469 e. The number of ether oxygens (including phenoxy) is 1. The summed E-state index contributed by atoms with van der Waals surface area (Å²) in [6.07, 6.45) is 1.96. The van der Waals surface area contributed by atoms with Crippen molar-refractivity contribution in [1.82, 2.24) is 0 Å². The van der Waals surface area contributed by atoms with Crippen LogP contribution in [0.15, 0.2) is 18.2 Å². The summed E-state index contributed by atoms with van der Waals surface area (Å²) >= 11 is 0. The minimum absolute atomic E-state index is 0.253. The zero-order valence-corrected chi connectivity index (χ0v) is 9.50. The second-order valence-electron chi connectivity index (χ2n) is 4.32. The van der Waals surface area contributed by atoms with E-state index in [1.54, 1.807) is 25.1 Å². The van der Waals surface area contributed by atoms with Gasteiger partial charge in [0.2, 0.25) is 0 Å². The van der Waals surface area contributed by atoms with Crippen LogP contribution in [-0.4, -0.2) is 13.1 Å². The number of halogens is 1. The fourth-order valence-electron chi connectivity index (χ4n) is 2.04. The molecule has 3 heteroatoms. The lowest BCUT2D eigenvalue weighted by molar-refractivity contribution is -0.143. The van der Waals surface area contributed by atoms with Gasteiger partial charge < -0.3 is 4.74 Å². The van der Waals surface area contributed by atoms with E-state index in [0.29, 0.717) is 11.1 Å². The second-order valence-corrected chi connectivity index (χ2v) is 4.32. The number of carbonyl (C=O) groups is 1. The van der Waals surface area contributed by atoms with E-state index < -0.39 is 5.92 Å². The zero-order chi connectivity index (χ0) is 11.7. The first-order valence-electron chi connectivity index (χ1n) is 5.48. The van der Waals surface area contributed by atoms with E-state index in [-0.39, 0.29) is 17.7 Å². The fraction of sp³-hybridized carbons (Fsp3) is 0.462. The third kappa shape index (κ3) is 1.94. The van der Waals surface area contributed by atoms with Crippen molar-refractivity contribution in [3.05, 3.63) is 35.1 Å². The molecule has 1 aromatic rings. The van der Waals surface area contributed by atoms with Gasteiger partial charge in [-0.25, -0.2) is 4.39 Å². The number of esters is 1. The van der Waals surface area contributed by atoms with Crippen LogP contribution in [0, 0.1) is 18.7 Å². The highest BCUT2D eigenvalue weighted by molar-refractivity contribution is 5.79. The zero-order valence-electron chi connectivity index (χ0n) is 9.50. The van der Waals surface area contributed by atoms with Crippen LogP contribution in [0.4, 0.5) is 4.39 Å². The van der Waals surface area contributed by atoms with Crippen molar-refractivity contribution < 1.29 is 13.9 Å². The summed E-state index contributed by atoms with van der Waals surface area (Å²) in [6, 6.07) is 5.17. The van der Waals surface area contributed by atoms with Gasteiger partial charge in [-0.05, 0) is 31.2 Å². The summed E-state index contributed by atoms with van der Waals surface area (Å²) in [7, 11) is 1.35. The topological polar surface area (TPSA) is 26.3 Å². The quantitative estimate of drug-likeness (QED) is 0.735. The predicted molar refractivity (Wildman–Crippen MR) is 58.6 cm³/mol. The van der Waals surface area contributed by atoms with Crippen molar-refractivity contribution >= 4 is 5.97 Å². The highest BCUT2D eigenvalue weighted by Gasteiger charge is 2.39. The lowest BCUT2D eigenvalue weighted by Crippen LogP contribution is -2.18. The lowest BCUT2D eigenvalue weighted by atomic mass is 9.92. The van der Waals surface area contributed by atoms with E-state index in [2.05, 4.69) is 0 Å². The third-order valence-electron chi connectivity index (χ3n) is 3.11. The molecule has 0 saturated heterocycles. The molecule has 1 aliphatic carbocycles. The van der Waals surface area contributed by atoms with E-state index in [4.69, 9.17) is 4.74 Å². The van der Waals surface area contributed by atoms with Gasteiger partial charge in [-0.1, -0.05) is 18.2 Å². The maximum atomic E-state index is 13.9. The van der Waals surface area contributed by atoms with Crippen LogP contribution in [0.2, 0.25) is 0 Å². The Balaban J connectivity index is 2.38. The van der Waals surface area contributed by atoms with Crippen LogP contribution >= 0.6 is 0 Å². The molecule has 1 saturated carbocycles. The van der Waals surface area contributed by atoms with Crippen LogP contribution in [0.3, 0.4) is 0 Å². The molecule has 0 radical (unpaired) electrons. The summed E-state index contributed by atoms with van der Waals surface area (Å²) in [6.45, 7) is 1.71. The molecule has 1 fully saturated rings. The molecule has 0 bridgehead atoms. The van der Waals surface area contributed by atoms with Crippen LogP contribution in [0.5, 0.6) is 0 Å². The smallest absolute Gasteiger partial charge is 0.313 e. The maximum Gasteiger partial charge on any atom is 0.313 e. The van der Waals surface area contributed by atoms with Crippen molar-refractivity contribution in [3.63, 3.8) is 0 Å². The molecule has 0 amide bonds. The first-order valence-corrected chi connectivity index (χ1v) is 5.48. The average molecular weight is 222 g/mol. The normalized spacial score (nSPS) is 16.9. The molecule has 86 valence electrons. The molecule has 1 atom stereocenters. The van der Waals surface area contributed by atoms with Gasteiger partial charge in [-0.2, -0.15) is 0 Å². The monoisotopic (exact) mass is 222 g/mol. The first-order chi connectivity index (χ1) is 7.65. The van der Waals surface area contributed by atoms with Gasteiger partial charge in [0.1, 0.15) is 5.82 Å². The molecule has 0 heterocycles. The molecule has 0 spiro atoms. The van der Waals surface area contributed by atoms with Crippen LogP contribution in [0.1, 0.15) is 29.9 Å². The first kappa shape index (κ1) is 11.1. The highest BCUT2D eigenvalue weighted by Crippen LogP contribution is 2.44. The van der Waals surface area contributed by atoms with E-state index >= 15 is 0 Å². The van der Waals surface area contributed by atoms with Crippen molar-refractivity contribution in [2.45, 2.75) is 25.7 Å². The van der Waals surface area contributed by atoms with Crippen LogP contribution in [0.25, 0.3) is 0 Å². The molecule has 16 heavy (non-hydrogen) atoms. The van der Waals surface area contributed by atoms with Crippen molar-refractivity contribution in [1.29, 1.82) is 0 Å². The minimum Gasteiger partial charge on any atom is -0.469 e. The standard InChI is InChI=1S/C13H15FO2/c1-8-4-3-5-10(12(8)14)11(9-6-7-9)13(15)16-2/h3-5,9,11H,6-7H2,1-2H3. The van der Waals surface area contributed by atoms with Gasteiger partial charge in [0.15, 0.2) is 0 Å². The molecular weight excluding hydrogens is 207 g/mol. The third-order valence-corrected chi connectivity index (χ3v) is 3.11. The molecule has 2 nitrogen and oxygen atoms in total. The number of hydrogen-bond acceptors (Lipinski definition) is 2. The molecule has 1 aromatic carbocycles. The van der Waals surface area contributed by atoms with Crippen molar-refractivity contribution in [2.75, 3.05) is 7.11 Å². The van der Waals surface area contributed by atoms with E-state index in [0.717, 1.165) is 12.8 Å². The van der Waals surface area contributed by atoms with Gasteiger partial charge in [0.25, 0.3) is 0 Å². The predicted octanol–water partition coefficient (Wildman–Crippen LogP) is 2.80. The highest BCUT2D eigenvalue weighted by atomic mass is 19.1. The Kier molecular flexibility index (Phi) is 2.95. The molecule has 0 aliphatic heterocycles. The van der Waals surface area contributed by atoms with Gasteiger partial charge in [0.05, 0.1) is 13.0 Å². The molecular formula is C13H15FO2. The molecule has 0 N–H and O–H groups in total. The summed E-state index contributed by atoms with van der Waals surface area (Å²) < 4.78 is 18.7. The van der Waals surface area contributed by atoms with Crippen molar-refractivity contribution in [2.24, 2.45) is 5.92 Å². The number of hydrogen-bond donors (Lipinski definition) is 0. The number of rotatable bonds is 3. The Labute approximate surface area is 94.4 Å². The Bertz CT molecular complexity index is 410. The maximum absolute atomic E-state index is 13.9. The molecule has 2 rings (SSSR count). The average Bonchev–Trinajstić information content (AvgIpc) is 3.08. The molecule has 1 unspecified atom stereocenters. The van der Waals surface area contributed by atoms with Gasteiger partial charge in [-0.15, -0.1) is 0 Å². The van der Waals surface area contributed by atoms with E-state index in [1.165, 1.54) is 7.11 Å². The SMILES string of the molecule is COC(=O)C(c1cccc(C)c1F)C1CC1. The van der Waals surface area contributed by atoms with Crippen LogP contribution in [-0.2, 0) is 9.53 Å². The minimum atomic E-state index is -0.426. The van der Waals surface area contributed by atoms with Gasteiger partial charge in [-0.3, -0.25) is 4.79 Å². The summed E-state index contributed by atoms with van der Waals surface area (Å²) in [5.41, 5.74) is 1.06. The Morgan fingerprint density at radius 1 is 1.50 bits per heavy atom. The lowest BCUT2D eigenvalue weighted by Gasteiger charge is -2.15. The number of benzene rings is 1. The molecule has 1 aliphatic rings. The van der Waals surface area contributed by atoms with Crippen LogP contribution < -0.4 is 0 Å². The Morgan fingerprint density at radius 3 is 2.75 bits per heavy atom. The summed E-state index contributed by atoms with van der Waals surface area (Å²) in [5.74, 6) is -0.773. The summed E-state index contributed by atoms with van der Waals surface area (Å²) in [4.78, 5) is 11.7. The molecule has 0 aromatic heterocycles. The van der Waals surface area contributed by atoms with Crippen molar-refractivity contribution in [3.8, 4) is 0 Å². The summed E-state index contributed by atoms with van der Waals surface area (Å²) in [5, 5.41) is 0. The number of carbonyl (C=O) groups excluding carboxylic acids is 1. The van der Waals surface area contributed by atoms with E-state index in [9.17, 15) is 9.18 Å². The Hall–Kier alpha value is -1.38. The number of aryl methyl sites for hydroxylation is 1. The van der Waals surface area contributed by atoms with Gasteiger partial charge in [0, 0.05) is 5.56 Å². The second kappa shape index (κ2) is 4.24. The van der Waals surface area contributed by atoms with E-state index in [1.807, 2.05) is 0 Å². The number of methoxy groups -OCH3 is 1.